The lowest BCUT2D eigenvalue weighted by Gasteiger charge is -1.95. The van der Waals surface area contributed by atoms with Crippen molar-refractivity contribution >= 4 is 21.6 Å². The topological polar surface area (TPSA) is 25.8 Å². The van der Waals surface area contributed by atoms with Crippen molar-refractivity contribution in [1.82, 2.24) is 9.36 Å². The molecule has 0 fully saturated rings. The van der Waals surface area contributed by atoms with Crippen molar-refractivity contribution < 1.29 is 0 Å². The molecule has 0 N–H and O–H groups in total. The van der Waals surface area contributed by atoms with Crippen molar-refractivity contribution in [2.45, 2.75) is 0 Å². The number of pyridine rings is 1. The molecule has 15 heavy (non-hydrogen) atoms. The van der Waals surface area contributed by atoms with E-state index in [-0.39, 0.29) is 0 Å². The standard InChI is InChI=1S/C12H8N2S/c1-2-7-11-9(5-1)12(14-15-11)10-6-3-4-8-13-10/h1-8H. The van der Waals surface area contributed by atoms with Crippen molar-refractivity contribution in [3.05, 3.63) is 48.7 Å². The van der Waals surface area contributed by atoms with Gasteiger partial charge in [0.2, 0.25) is 0 Å². The van der Waals surface area contributed by atoms with Crippen LogP contribution in [-0.4, -0.2) is 9.36 Å². The third kappa shape index (κ3) is 1.41. The van der Waals surface area contributed by atoms with Crippen LogP contribution < -0.4 is 0 Å². The van der Waals surface area contributed by atoms with E-state index in [1.807, 2.05) is 30.3 Å². The van der Waals surface area contributed by atoms with E-state index in [1.54, 1.807) is 6.20 Å². The number of nitrogens with zero attached hydrogens (tertiary/aromatic N) is 2. The molecule has 0 saturated carbocycles. The fraction of sp³-hybridized carbons (Fsp3) is 0. The van der Waals surface area contributed by atoms with E-state index in [0.717, 1.165) is 11.4 Å². The molecule has 2 heterocycles. The molecule has 0 saturated heterocycles. The Morgan fingerprint density at radius 1 is 0.933 bits per heavy atom. The predicted octanol–water partition coefficient (Wildman–Crippen LogP) is 3.36. The summed E-state index contributed by atoms with van der Waals surface area (Å²) in [6.45, 7) is 0. The number of hydrogen-bond acceptors (Lipinski definition) is 3. The molecule has 3 aromatic rings. The highest BCUT2D eigenvalue weighted by Gasteiger charge is 2.07. The molecule has 0 unspecified atom stereocenters. The first-order valence-corrected chi connectivity index (χ1v) is 5.48. The van der Waals surface area contributed by atoms with E-state index < -0.39 is 0 Å². The molecule has 3 rings (SSSR count). The average molecular weight is 212 g/mol. The number of aromatic nitrogens is 2. The monoisotopic (exact) mass is 212 g/mol. The van der Waals surface area contributed by atoms with Crippen LogP contribution in [-0.2, 0) is 0 Å². The van der Waals surface area contributed by atoms with E-state index in [4.69, 9.17) is 0 Å². The predicted molar refractivity (Wildman–Crippen MR) is 62.9 cm³/mol. The zero-order valence-corrected chi connectivity index (χ0v) is 8.74. The molecule has 0 aliphatic carbocycles. The molecule has 0 radical (unpaired) electrons. The summed E-state index contributed by atoms with van der Waals surface area (Å²) in [5.41, 5.74) is 1.92. The summed E-state index contributed by atoms with van der Waals surface area (Å²) in [5.74, 6) is 0. The third-order valence-electron chi connectivity index (χ3n) is 2.28. The van der Waals surface area contributed by atoms with Gasteiger partial charge in [-0.25, -0.2) is 0 Å². The van der Waals surface area contributed by atoms with Crippen LogP contribution >= 0.6 is 11.5 Å². The van der Waals surface area contributed by atoms with E-state index >= 15 is 0 Å². The molecule has 2 aromatic heterocycles. The van der Waals surface area contributed by atoms with E-state index in [1.165, 1.54) is 21.6 Å². The van der Waals surface area contributed by atoms with Gasteiger partial charge in [-0.05, 0) is 29.7 Å². The largest absolute Gasteiger partial charge is 0.255 e. The SMILES string of the molecule is c1ccc(-c2nsc3ccccc23)nc1. The van der Waals surface area contributed by atoms with Crippen molar-refractivity contribution in [2.75, 3.05) is 0 Å². The second kappa shape index (κ2) is 3.44. The molecule has 72 valence electrons. The molecule has 3 heteroatoms. The van der Waals surface area contributed by atoms with Crippen molar-refractivity contribution in [1.29, 1.82) is 0 Å². The molecule has 1 aromatic carbocycles. The van der Waals surface area contributed by atoms with E-state index in [0.29, 0.717) is 0 Å². The minimum atomic E-state index is 0.940. The smallest absolute Gasteiger partial charge is 0.110 e. The first kappa shape index (κ1) is 8.56. The Kier molecular flexibility index (Phi) is 1.96. The van der Waals surface area contributed by atoms with Gasteiger partial charge in [0, 0.05) is 11.6 Å². The molecule has 2 nitrogen and oxygen atoms in total. The quantitative estimate of drug-likeness (QED) is 0.618. The summed E-state index contributed by atoms with van der Waals surface area (Å²) in [6, 6.07) is 14.1. The average Bonchev–Trinajstić information content (AvgIpc) is 2.74. The molecule has 0 atom stereocenters. The van der Waals surface area contributed by atoms with Crippen LogP contribution in [0.3, 0.4) is 0 Å². The maximum atomic E-state index is 4.44. The highest BCUT2D eigenvalue weighted by atomic mass is 32.1. The fourth-order valence-electron chi connectivity index (χ4n) is 1.57. The Hall–Kier alpha value is -1.74. The lowest BCUT2D eigenvalue weighted by molar-refractivity contribution is 1.31. The Labute approximate surface area is 91.4 Å². The highest BCUT2D eigenvalue weighted by molar-refractivity contribution is 7.13. The lowest BCUT2D eigenvalue weighted by atomic mass is 10.2. The van der Waals surface area contributed by atoms with Gasteiger partial charge in [-0.1, -0.05) is 24.3 Å². The maximum absolute atomic E-state index is 4.44. The summed E-state index contributed by atoms with van der Waals surface area (Å²) < 4.78 is 5.65. The van der Waals surface area contributed by atoms with Crippen molar-refractivity contribution in [2.24, 2.45) is 0 Å². The maximum Gasteiger partial charge on any atom is 0.110 e. The van der Waals surface area contributed by atoms with E-state index in [2.05, 4.69) is 21.5 Å². The van der Waals surface area contributed by atoms with Crippen LogP contribution in [0.2, 0.25) is 0 Å². The molecule has 0 amide bonds. The second-order valence-corrected chi connectivity index (χ2v) is 4.05. The fourth-order valence-corrected chi connectivity index (χ4v) is 2.36. The Morgan fingerprint density at radius 3 is 2.67 bits per heavy atom. The summed E-state index contributed by atoms with van der Waals surface area (Å²) in [5, 5.41) is 1.18. The minimum absolute atomic E-state index is 0.940. The lowest BCUT2D eigenvalue weighted by Crippen LogP contribution is -1.81. The van der Waals surface area contributed by atoms with Crippen LogP contribution in [0, 0.1) is 0 Å². The summed E-state index contributed by atoms with van der Waals surface area (Å²) >= 11 is 1.52. The molecular weight excluding hydrogens is 204 g/mol. The summed E-state index contributed by atoms with van der Waals surface area (Å²) in [7, 11) is 0. The van der Waals surface area contributed by atoms with Crippen LogP contribution in [0.15, 0.2) is 48.7 Å². The van der Waals surface area contributed by atoms with Gasteiger partial charge < -0.3 is 0 Å². The minimum Gasteiger partial charge on any atom is -0.255 e. The van der Waals surface area contributed by atoms with Gasteiger partial charge in [0.05, 0.1) is 10.4 Å². The van der Waals surface area contributed by atoms with Crippen molar-refractivity contribution in [3.8, 4) is 11.4 Å². The van der Waals surface area contributed by atoms with Gasteiger partial charge in [-0.3, -0.25) is 4.98 Å². The number of rotatable bonds is 1. The first-order chi connectivity index (χ1) is 7.45. The van der Waals surface area contributed by atoms with Crippen LogP contribution in [0.1, 0.15) is 0 Å². The summed E-state index contributed by atoms with van der Waals surface area (Å²) in [6.07, 6.45) is 1.80. The number of fused-ring (bicyclic) bond motifs is 1. The van der Waals surface area contributed by atoms with Gasteiger partial charge in [-0.2, -0.15) is 4.37 Å². The normalized spacial score (nSPS) is 10.7. The van der Waals surface area contributed by atoms with Gasteiger partial charge >= 0.3 is 0 Å². The molecule has 0 aliphatic rings. The first-order valence-electron chi connectivity index (χ1n) is 4.71. The third-order valence-corrected chi connectivity index (χ3v) is 3.11. The Balaban J connectivity index is 2.28. The Morgan fingerprint density at radius 2 is 1.80 bits per heavy atom. The zero-order valence-electron chi connectivity index (χ0n) is 7.92. The van der Waals surface area contributed by atoms with Gasteiger partial charge in [-0.15, -0.1) is 0 Å². The summed E-state index contributed by atoms with van der Waals surface area (Å²) in [4.78, 5) is 4.32. The molecule has 0 bridgehead atoms. The van der Waals surface area contributed by atoms with Gasteiger partial charge in [0.15, 0.2) is 0 Å². The van der Waals surface area contributed by atoms with E-state index in [9.17, 15) is 0 Å². The zero-order chi connectivity index (χ0) is 10.1. The number of hydrogen-bond donors (Lipinski definition) is 0. The second-order valence-electron chi connectivity index (χ2n) is 3.24. The number of benzene rings is 1. The Bertz CT molecular complexity index is 587. The van der Waals surface area contributed by atoms with Crippen molar-refractivity contribution in [3.63, 3.8) is 0 Å². The van der Waals surface area contributed by atoms with Crippen LogP contribution in [0.25, 0.3) is 21.5 Å². The highest BCUT2D eigenvalue weighted by Crippen LogP contribution is 2.28. The molecule has 0 aliphatic heterocycles. The molecular formula is C12H8N2S. The van der Waals surface area contributed by atoms with Gasteiger partial charge in [0.1, 0.15) is 5.69 Å². The van der Waals surface area contributed by atoms with Crippen LogP contribution in [0.5, 0.6) is 0 Å². The molecule has 0 spiro atoms. The van der Waals surface area contributed by atoms with Crippen LogP contribution in [0.4, 0.5) is 0 Å². The van der Waals surface area contributed by atoms with Gasteiger partial charge in [0.25, 0.3) is 0 Å².